The molecule has 4 amide bonds. The van der Waals surface area contributed by atoms with Gasteiger partial charge in [-0.1, -0.05) is 47.0 Å². The number of phenols is 1. The number of aromatic nitrogens is 2. The minimum Gasteiger partial charge on any atom is -0.508 e. The number of pyridine rings is 2. The molecule has 6 unspecified atom stereocenters. The van der Waals surface area contributed by atoms with Crippen molar-refractivity contribution in [2.75, 3.05) is 24.1 Å². The maximum absolute atomic E-state index is 14.4. The molecule has 2 aliphatic carbocycles. The lowest BCUT2D eigenvalue weighted by atomic mass is 9.57. The summed E-state index contributed by atoms with van der Waals surface area (Å²) >= 11 is 12.4. The third-order valence-corrected chi connectivity index (χ3v) is 11.2. The normalized spacial score (nSPS) is 25.4. The molecule has 3 aromatic rings. The highest BCUT2D eigenvalue weighted by molar-refractivity contribution is 6.33. The van der Waals surface area contributed by atoms with E-state index < -0.39 is 94.5 Å². The van der Waals surface area contributed by atoms with Crippen LogP contribution in [0.25, 0.3) is 0 Å². The topological polar surface area (TPSA) is 127 Å². The molecule has 0 spiro atoms. The molecule has 54 heavy (non-hydrogen) atoms. The lowest BCUT2D eigenvalue weighted by Gasteiger charge is -2.44. The van der Waals surface area contributed by atoms with Gasteiger partial charge in [0, 0.05) is 20.0 Å². The molecule has 1 aromatic carbocycles. The summed E-state index contributed by atoms with van der Waals surface area (Å²) in [7, 11) is 2.35. The SMILES string of the molecule is Cc1cc(C2C3=CCC4C(=O)N(N(C)c5nc(C(F)(F)F)ccc5Cl)C(=O)C4C3CC3C(=O)N(N(C)c4nc(C(F)(F)F)ccc4Cl)C(=O)C32)ccc1O. The molecule has 6 atom stereocenters. The number of hydrogen-bond acceptors (Lipinski definition) is 9. The molecule has 11 nitrogen and oxygen atoms in total. The second-order valence-electron chi connectivity index (χ2n) is 13.6. The van der Waals surface area contributed by atoms with Crippen molar-refractivity contribution in [1.82, 2.24) is 20.0 Å². The van der Waals surface area contributed by atoms with Gasteiger partial charge in [0.25, 0.3) is 23.6 Å². The Hall–Kier alpha value is -4.90. The molecular formula is C35H28Cl2F6N6O5. The van der Waals surface area contributed by atoms with Crippen molar-refractivity contribution in [2.45, 2.75) is 38.0 Å². The number of hydrogen-bond donors (Lipinski definition) is 1. The van der Waals surface area contributed by atoms with Gasteiger partial charge >= 0.3 is 12.4 Å². The van der Waals surface area contributed by atoms with Crippen molar-refractivity contribution in [3.63, 3.8) is 0 Å². The molecule has 1 saturated carbocycles. The summed E-state index contributed by atoms with van der Waals surface area (Å²) in [6, 6.07) is 7.77. The van der Waals surface area contributed by atoms with Crippen molar-refractivity contribution in [2.24, 2.45) is 29.6 Å². The average Bonchev–Trinajstić information content (AvgIpc) is 3.50. The molecule has 0 radical (unpaired) electrons. The average molecular weight is 798 g/mol. The second kappa shape index (κ2) is 12.9. The maximum atomic E-state index is 14.4. The van der Waals surface area contributed by atoms with E-state index >= 15 is 0 Å². The summed E-state index contributed by atoms with van der Waals surface area (Å²) in [5, 5.41) is 12.9. The van der Waals surface area contributed by atoms with Gasteiger partial charge in [0.1, 0.15) is 17.1 Å². The van der Waals surface area contributed by atoms with E-state index in [1.807, 2.05) is 0 Å². The molecule has 1 N–H and O–H groups in total. The molecular weight excluding hydrogens is 769 g/mol. The van der Waals surface area contributed by atoms with Crippen LogP contribution in [0.5, 0.6) is 5.75 Å². The van der Waals surface area contributed by atoms with E-state index in [1.165, 1.54) is 20.2 Å². The summed E-state index contributed by atoms with van der Waals surface area (Å²) in [5.74, 6) is -10.4. The number of rotatable bonds is 5. The van der Waals surface area contributed by atoms with Crippen LogP contribution >= 0.6 is 23.2 Å². The Morgan fingerprint density at radius 3 is 1.72 bits per heavy atom. The molecule has 284 valence electrons. The Morgan fingerprint density at radius 1 is 0.722 bits per heavy atom. The third-order valence-electron chi connectivity index (χ3n) is 10.6. The van der Waals surface area contributed by atoms with E-state index in [4.69, 9.17) is 23.2 Å². The van der Waals surface area contributed by atoms with Crippen molar-refractivity contribution in [3.05, 3.63) is 86.7 Å². The number of benzene rings is 1. The lowest BCUT2D eigenvalue weighted by Crippen LogP contribution is -2.46. The van der Waals surface area contributed by atoms with Gasteiger partial charge in [-0.3, -0.25) is 29.2 Å². The molecule has 4 aliphatic rings. The summed E-state index contributed by atoms with van der Waals surface area (Å²) in [5.41, 5.74) is -1.16. The molecule has 3 fully saturated rings. The van der Waals surface area contributed by atoms with Crippen LogP contribution in [-0.4, -0.2) is 62.8 Å². The summed E-state index contributed by atoms with van der Waals surface area (Å²) in [6.45, 7) is 1.62. The Kier molecular flexibility index (Phi) is 8.91. The number of imide groups is 2. The number of allylic oxidation sites excluding steroid dienone is 2. The van der Waals surface area contributed by atoms with E-state index in [9.17, 15) is 50.6 Å². The van der Waals surface area contributed by atoms with Crippen LogP contribution in [0.3, 0.4) is 0 Å². The third kappa shape index (κ3) is 5.82. The van der Waals surface area contributed by atoms with Crippen molar-refractivity contribution in [3.8, 4) is 5.75 Å². The Bertz CT molecular complexity index is 2160. The highest BCUT2D eigenvalue weighted by Gasteiger charge is 2.63. The van der Waals surface area contributed by atoms with Crippen molar-refractivity contribution < 1.29 is 50.6 Å². The summed E-state index contributed by atoms with van der Waals surface area (Å²) in [4.78, 5) is 64.1. The van der Waals surface area contributed by atoms with Crippen LogP contribution in [0.4, 0.5) is 38.0 Å². The highest BCUT2D eigenvalue weighted by atomic mass is 35.5. The first-order chi connectivity index (χ1) is 25.2. The minimum absolute atomic E-state index is 0.00433. The van der Waals surface area contributed by atoms with Crippen molar-refractivity contribution >= 4 is 58.5 Å². The number of anilines is 2. The van der Waals surface area contributed by atoms with Gasteiger partial charge < -0.3 is 5.11 Å². The number of carbonyl (C=O) groups excluding carboxylic acids is 4. The van der Waals surface area contributed by atoms with E-state index in [0.717, 1.165) is 22.2 Å². The van der Waals surface area contributed by atoms with Gasteiger partial charge in [0.2, 0.25) is 0 Å². The van der Waals surface area contributed by atoms with Gasteiger partial charge in [-0.15, -0.1) is 0 Å². The number of halogens is 8. The zero-order chi connectivity index (χ0) is 39.3. The van der Waals surface area contributed by atoms with E-state index in [0.29, 0.717) is 38.9 Å². The van der Waals surface area contributed by atoms with Gasteiger partial charge in [-0.2, -0.15) is 36.4 Å². The number of aryl methyl sites for hydroxylation is 1. The van der Waals surface area contributed by atoms with Gasteiger partial charge in [-0.05, 0) is 67.1 Å². The molecule has 4 heterocycles. The number of aromatic hydroxyl groups is 1. The molecule has 2 aromatic heterocycles. The first-order valence-electron chi connectivity index (χ1n) is 16.4. The number of carbonyl (C=O) groups is 4. The highest BCUT2D eigenvalue weighted by Crippen LogP contribution is 2.58. The van der Waals surface area contributed by atoms with Gasteiger partial charge in [0.15, 0.2) is 11.6 Å². The first-order valence-corrected chi connectivity index (χ1v) is 17.2. The number of phenolic OH excluding ortho intramolecular Hbond substituents is 1. The largest absolute Gasteiger partial charge is 0.508 e. The second-order valence-corrected chi connectivity index (χ2v) is 14.4. The van der Waals surface area contributed by atoms with Crippen LogP contribution in [-0.2, 0) is 31.5 Å². The number of alkyl halides is 6. The monoisotopic (exact) mass is 796 g/mol. The zero-order valence-electron chi connectivity index (χ0n) is 28.3. The fraction of sp³-hybridized carbons (Fsp3) is 0.371. The Morgan fingerprint density at radius 2 is 1.22 bits per heavy atom. The Balaban J connectivity index is 1.29. The van der Waals surface area contributed by atoms with Crippen LogP contribution in [0.1, 0.15) is 41.3 Å². The predicted octanol–water partition coefficient (Wildman–Crippen LogP) is 6.57. The van der Waals surface area contributed by atoms with Crippen LogP contribution < -0.4 is 10.0 Å². The standard InChI is InChI=1S/C35H28Cl2F6N6O5/c1-14-12-15(4-9-22(14)50)25-16-5-6-17-26(32(53)48(30(17)51)46(2)28-20(36)7-10-23(44-28)34(38,39)40)18(16)13-19-27(25)33(54)49(31(19)52)47(3)29-21(37)8-11-24(45-29)35(41,42)43/h4-5,7-12,17-19,25-27,50H,6,13H2,1-3H3. The summed E-state index contributed by atoms with van der Waals surface area (Å²) < 4.78 is 81.6. The lowest BCUT2D eigenvalue weighted by molar-refractivity contribution is -0.143. The Labute approximate surface area is 312 Å². The summed E-state index contributed by atoms with van der Waals surface area (Å²) in [6.07, 6.45) is -8.15. The number of hydrazine groups is 2. The van der Waals surface area contributed by atoms with Crippen molar-refractivity contribution in [1.29, 1.82) is 0 Å². The molecule has 19 heteroatoms. The fourth-order valence-corrected chi connectivity index (χ4v) is 8.67. The maximum Gasteiger partial charge on any atom is 0.433 e. The van der Waals surface area contributed by atoms with E-state index in [1.54, 1.807) is 25.1 Å². The number of amides is 4. The van der Waals surface area contributed by atoms with Gasteiger partial charge in [0.05, 0.1) is 33.7 Å². The first kappa shape index (κ1) is 37.4. The van der Waals surface area contributed by atoms with E-state index in [-0.39, 0.29) is 28.6 Å². The minimum atomic E-state index is -4.87. The predicted molar refractivity (Wildman–Crippen MR) is 179 cm³/mol. The fourth-order valence-electron chi connectivity index (χ4n) is 8.22. The molecule has 2 aliphatic heterocycles. The van der Waals surface area contributed by atoms with Crippen LogP contribution in [0.2, 0.25) is 10.0 Å². The van der Waals surface area contributed by atoms with Gasteiger partial charge in [-0.25, -0.2) is 9.97 Å². The quantitative estimate of drug-likeness (QED) is 0.173. The van der Waals surface area contributed by atoms with E-state index in [2.05, 4.69) is 9.97 Å². The molecule has 7 rings (SSSR count). The number of nitrogens with zero attached hydrogens (tertiary/aromatic N) is 6. The number of fused-ring (bicyclic) bond motifs is 4. The smallest absolute Gasteiger partial charge is 0.433 e. The molecule has 2 saturated heterocycles. The van der Waals surface area contributed by atoms with Crippen LogP contribution in [0, 0.1) is 36.5 Å². The zero-order valence-corrected chi connectivity index (χ0v) is 29.8. The van der Waals surface area contributed by atoms with Crippen LogP contribution in [0.15, 0.2) is 54.1 Å². The molecule has 0 bridgehead atoms.